The summed E-state index contributed by atoms with van der Waals surface area (Å²) in [6, 6.07) is 14.3. The summed E-state index contributed by atoms with van der Waals surface area (Å²) in [5.41, 5.74) is 3.32. The Kier molecular flexibility index (Phi) is 5.13. The number of nitrogens with one attached hydrogen (secondary N) is 1. The zero-order chi connectivity index (χ0) is 21.3. The number of benzene rings is 2. The van der Waals surface area contributed by atoms with Gasteiger partial charge in [-0.15, -0.1) is 5.10 Å². The molecule has 4 rings (SSSR count). The maximum Gasteiger partial charge on any atom is 0.265 e. The van der Waals surface area contributed by atoms with Gasteiger partial charge in [-0.05, 0) is 50.1 Å². The third-order valence-corrected chi connectivity index (χ3v) is 5.79. The monoisotopic (exact) mass is 409 g/mol. The third-order valence-electron chi connectivity index (χ3n) is 5.79. The molecule has 9 nitrogen and oxygen atoms in total. The van der Waals surface area contributed by atoms with Gasteiger partial charge in [-0.3, -0.25) is 14.8 Å². The van der Waals surface area contributed by atoms with Gasteiger partial charge in [0.25, 0.3) is 5.91 Å². The van der Waals surface area contributed by atoms with Crippen molar-refractivity contribution in [3.8, 4) is 5.75 Å². The number of amides is 2. The van der Waals surface area contributed by atoms with Crippen LogP contribution in [-0.4, -0.2) is 49.5 Å². The lowest BCUT2D eigenvalue weighted by molar-refractivity contribution is -0.143. The molecule has 2 atom stereocenters. The molecule has 0 spiro atoms. The molecule has 9 heteroatoms. The number of para-hydroxylation sites is 1. The lowest BCUT2D eigenvalue weighted by Gasteiger charge is -2.27. The number of hydroxylamine groups is 1. The van der Waals surface area contributed by atoms with Crippen LogP contribution in [0, 0.1) is 0 Å². The van der Waals surface area contributed by atoms with Gasteiger partial charge in [0.15, 0.2) is 6.73 Å². The van der Waals surface area contributed by atoms with Crippen molar-refractivity contribution in [3.63, 3.8) is 0 Å². The van der Waals surface area contributed by atoms with Crippen molar-refractivity contribution >= 4 is 22.8 Å². The van der Waals surface area contributed by atoms with E-state index in [9.17, 15) is 9.59 Å². The molecule has 0 aliphatic carbocycles. The number of rotatable bonds is 6. The molecule has 3 aromatic rings. The molecule has 1 aliphatic heterocycles. The lowest BCUT2D eigenvalue weighted by Crippen LogP contribution is -2.47. The first-order valence-electron chi connectivity index (χ1n) is 9.70. The molecule has 2 N–H and O–H groups in total. The minimum Gasteiger partial charge on any atom is -0.471 e. The Hall–Kier alpha value is -3.46. The summed E-state index contributed by atoms with van der Waals surface area (Å²) in [6.45, 7) is 4.08. The zero-order valence-electron chi connectivity index (χ0n) is 16.8. The van der Waals surface area contributed by atoms with Crippen molar-refractivity contribution in [2.45, 2.75) is 38.5 Å². The van der Waals surface area contributed by atoms with Crippen LogP contribution in [0.4, 0.5) is 0 Å². The highest BCUT2D eigenvalue weighted by Crippen LogP contribution is 2.37. The van der Waals surface area contributed by atoms with E-state index in [4.69, 9.17) is 9.94 Å². The number of likely N-dealkylation sites (tertiary alicyclic amines) is 1. The van der Waals surface area contributed by atoms with E-state index in [0.717, 1.165) is 16.6 Å². The van der Waals surface area contributed by atoms with Crippen molar-refractivity contribution < 1.29 is 19.5 Å². The first-order valence-corrected chi connectivity index (χ1v) is 9.70. The van der Waals surface area contributed by atoms with Crippen LogP contribution in [0.1, 0.15) is 25.8 Å². The fourth-order valence-electron chi connectivity index (χ4n) is 3.82. The summed E-state index contributed by atoms with van der Waals surface area (Å²) in [6.07, 6.45) is 0.562. The fourth-order valence-corrected chi connectivity index (χ4v) is 3.82. The Labute approximate surface area is 173 Å². The van der Waals surface area contributed by atoms with Gasteiger partial charge in [0, 0.05) is 6.54 Å². The van der Waals surface area contributed by atoms with E-state index in [-0.39, 0.29) is 12.6 Å². The molecule has 1 fully saturated rings. The van der Waals surface area contributed by atoms with Crippen LogP contribution in [0.15, 0.2) is 48.5 Å². The molecule has 2 aromatic carbocycles. The van der Waals surface area contributed by atoms with Gasteiger partial charge in [0.2, 0.25) is 5.91 Å². The van der Waals surface area contributed by atoms with Gasteiger partial charge in [0.05, 0.1) is 10.9 Å². The van der Waals surface area contributed by atoms with Gasteiger partial charge in [0.1, 0.15) is 17.3 Å². The summed E-state index contributed by atoms with van der Waals surface area (Å²) in [5.74, 6) is -0.150. The van der Waals surface area contributed by atoms with Gasteiger partial charge in [-0.2, -0.15) is 0 Å². The number of fused-ring (bicyclic) bond motifs is 1. The Morgan fingerprint density at radius 1 is 1.30 bits per heavy atom. The smallest absolute Gasteiger partial charge is 0.265 e. The average molecular weight is 409 g/mol. The molecule has 1 aliphatic rings. The molecular formula is C21H23N5O4. The molecule has 1 saturated heterocycles. The van der Waals surface area contributed by atoms with Crippen molar-refractivity contribution in [1.29, 1.82) is 0 Å². The molecule has 156 valence electrons. The molecule has 1 aromatic heterocycles. The maximum absolute atomic E-state index is 13.1. The van der Waals surface area contributed by atoms with E-state index >= 15 is 0 Å². The number of carbonyl (C=O) groups is 2. The minimum absolute atomic E-state index is 0.155. The second-order valence-corrected chi connectivity index (χ2v) is 7.61. The quantitative estimate of drug-likeness (QED) is 0.475. The number of aromatic nitrogens is 3. The summed E-state index contributed by atoms with van der Waals surface area (Å²) < 4.78 is 7.58. The highest BCUT2D eigenvalue weighted by Gasteiger charge is 2.46. The number of carbonyl (C=O) groups excluding carboxylic acids is 2. The zero-order valence-corrected chi connectivity index (χ0v) is 16.8. The van der Waals surface area contributed by atoms with Crippen molar-refractivity contribution in [2.24, 2.45) is 0 Å². The molecule has 0 radical (unpaired) electrons. The molecule has 2 heterocycles. The highest BCUT2D eigenvalue weighted by molar-refractivity contribution is 5.94. The van der Waals surface area contributed by atoms with Gasteiger partial charge < -0.3 is 9.64 Å². The normalized spacial score (nSPS) is 19.8. The minimum atomic E-state index is -0.774. The SMILES string of the molecule is CC(C(=O)NO)N1CCC(C)(c2cccc(OCn3nnc4ccccc43)c2)C1=O. The standard InChI is InChI=1S/C21H23N5O4/c1-14(19(27)23-29)25-11-10-21(2,20(25)28)15-6-5-7-16(12-15)30-13-26-18-9-4-3-8-17(18)22-24-26/h3-9,12,14,29H,10-11,13H2,1-2H3,(H,23,27). The van der Waals surface area contributed by atoms with E-state index in [1.165, 1.54) is 4.90 Å². The molecule has 0 bridgehead atoms. The van der Waals surface area contributed by atoms with Crippen LogP contribution in [0.3, 0.4) is 0 Å². The Bertz CT molecular complexity index is 1100. The van der Waals surface area contributed by atoms with Crippen LogP contribution in [0.5, 0.6) is 5.75 Å². The summed E-state index contributed by atoms with van der Waals surface area (Å²) in [4.78, 5) is 26.3. The predicted octanol–water partition coefficient (Wildman–Crippen LogP) is 1.85. The highest BCUT2D eigenvalue weighted by atomic mass is 16.5. The molecule has 30 heavy (non-hydrogen) atoms. The fraction of sp³-hybridized carbons (Fsp3) is 0.333. The van der Waals surface area contributed by atoms with E-state index in [1.54, 1.807) is 17.1 Å². The summed E-state index contributed by atoms with van der Waals surface area (Å²) in [5, 5.41) is 17.1. The average Bonchev–Trinajstić information content (AvgIpc) is 3.33. The molecule has 0 saturated carbocycles. The van der Waals surface area contributed by atoms with Crippen molar-refractivity contribution in [1.82, 2.24) is 25.4 Å². The largest absolute Gasteiger partial charge is 0.471 e. The topological polar surface area (TPSA) is 110 Å². The van der Waals surface area contributed by atoms with Gasteiger partial charge in [-0.1, -0.05) is 29.5 Å². The number of ether oxygens (including phenoxy) is 1. The maximum atomic E-state index is 13.1. The van der Waals surface area contributed by atoms with Crippen LogP contribution in [0.2, 0.25) is 0 Å². The number of hydrogen-bond acceptors (Lipinski definition) is 6. The predicted molar refractivity (Wildman–Crippen MR) is 108 cm³/mol. The van der Waals surface area contributed by atoms with E-state index in [2.05, 4.69) is 10.3 Å². The van der Waals surface area contributed by atoms with Crippen molar-refractivity contribution in [3.05, 3.63) is 54.1 Å². The van der Waals surface area contributed by atoms with Crippen LogP contribution < -0.4 is 10.2 Å². The molecule has 2 amide bonds. The second kappa shape index (κ2) is 7.75. The Morgan fingerprint density at radius 2 is 2.10 bits per heavy atom. The summed E-state index contributed by atoms with van der Waals surface area (Å²) in [7, 11) is 0. The first kappa shape index (κ1) is 19.8. The second-order valence-electron chi connectivity index (χ2n) is 7.61. The van der Waals surface area contributed by atoms with Crippen molar-refractivity contribution in [2.75, 3.05) is 6.54 Å². The number of nitrogens with zero attached hydrogens (tertiary/aromatic N) is 4. The molecular weight excluding hydrogens is 386 g/mol. The summed E-state index contributed by atoms with van der Waals surface area (Å²) >= 11 is 0. The Balaban J connectivity index is 1.51. The van der Waals surface area contributed by atoms with Crippen LogP contribution in [0.25, 0.3) is 11.0 Å². The van der Waals surface area contributed by atoms with E-state index in [1.807, 2.05) is 55.5 Å². The lowest BCUT2D eigenvalue weighted by atomic mass is 9.81. The van der Waals surface area contributed by atoms with E-state index in [0.29, 0.717) is 18.7 Å². The first-order chi connectivity index (χ1) is 14.4. The van der Waals surface area contributed by atoms with Gasteiger partial charge in [-0.25, -0.2) is 10.2 Å². The number of hydrogen-bond donors (Lipinski definition) is 2. The van der Waals surface area contributed by atoms with Crippen LogP contribution >= 0.6 is 0 Å². The molecule has 2 unspecified atom stereocenters. The Morgan fingerprint density at radius 3 is 2.90 bits per heavy atom. The third kappa shape index (κ3) is 3.37. The van der Waals surface area contributed by atoms with Gasteiger partial charge >= 0.3 is 0 Å². The van der Waals surface area contributed by atoms with E-state index < -0.39 is 17.4 Å². The van der Waals surface area contributed by atoms with Crippen LogP contribution in [-0.2, 0) is 21.7 Å².